The minimum atomic E-state index is -0.561. The van der Waals surface area contributed by atoms with Crippen molar-refractivity contribution in [3.8, 4) is 5.75 Å². The van der Waals surface area contributed by atoms with Crippen LogP contribution < -0.4 is 4.74 Å². The SMILES string of the molecule is CCOC(=O)N1CCN(C[C@H](O)COc2ccccc2C(C)C)CC1. The minimum absolute atomic E-state index is 0.253. The Bertz CT molecular complexity index is 542. The van der Waals surface area contributed by atoms with E-state index in [0.29, 0.717) is 32.2 Å². The summed E-state index contributed by atoms with van der Waals surface area (Å²) in [5.74, 6) is 1.22. The second-order valence-electron chi connectivity index (χ2n) is 6.64. The fraction of sp³-hybridized carbons (Fsp3) is 0.632. The predicted molar refractivity (Wildman–Crippen MR) is 97.1 cm³/mol. The summed E-state index contributed by atoms with van der Waals surface area (Å²) in [7, 11) is 0. The van der Waals surface area contributed by atoms with E-state index in [1.807, 2.05) is 25.1 Å². The first kappa shape index (κ1) is 19.5. The standard InChI is InChI=1S/C19H30N2O4/c1-4-24-19(23)21-11-9-20(10-12-21)13-16(22)14-25-18-8-6-5-7-17(18)15(2)3/h5-8,15-16,22H,4,9-14H2,1-3H3/t16-/m0/s1. The monoisotopic (exact) mass is 350 g/mol. The van der Waals surface area contributed by atoms with Gasteiger partial charge in [0.05, 0.1) is 6.61 Å². The lowest BCUT2D eigenvalue weighted by Gasteiger charge is -2.34. The van der Waals surface area contributed by atoms with E-state index >= 15 is 0 Å². The topological polar surface area (TPSA) is 62.2 Å². The van der Waals surface area contributed by atoms with Crippen LogP contribution in [-0.4, -0.2) is 73.0 Å². The smallest absolute Gasteiger partial charge is 0.409 e. The zero-order chi connectivity index (χ0) is 18.2. The molecular formula is C19H30N2O4. The summed E-state index contributed by atoms with van der Waals surface area (Å²) >= 11 is 0. The second kappa shape index (κ2) is 9.63. The largest absolute Gasteiger partial charge is 0.491 e. The number of amides is 1. The first-order chi connectivity index (χ1) is 12.0. The number of β-amino-alcohol motifs (C(OH)–C–C–N with tert-alkyl or cyclic N) is 1. The summed E-state index contributed by atoms with van der Waals surface area (Å²) in [6.45, 7) is 9.99. The van der Waals surface area contributed by atoms with Gasteiger partial charge in [0.25, 0.3) is 0 Å². The van der Waals surface area contributed by atoms with E-state index in [0.717, 1.165) is 24.4 Å². The number of ether oxygens (including phenoxy) is 2. The van der Waals surface area contributed by atoms with Gasteiger partial charge in [-0.25, -0.2) is 4.79 Å². The normalized spacial score (nSPS) is 16.8. The zero-order valence-electron chi connectivity index (χ0n) is 15.5. The molecule has 1 saturated heterocycles. The summed E-state index contributed by atoms with van der Waals surface area (Å²) in [5.41, 5.74) is 1.15. The second-order valence-corrected chi connectivity index (χ2v) is 6.64. The van der Waals surface area contributed by atoms with Crippen LogP contribution >= 0.6 is 0 Å². The molecule has 6 nitrogen and oxygen atoms in total. The van der Waals surface area contributed by atoms with Gasteiger partial charge in [-0.05, 0) is 24.5 Å². The van der Waals surface area contributed by atoms with Crippen molar-refractivity contribution in [3.05, 3.63) is 29.8 Å². The van der Waals surface area contributed by atoms with E-state index in [2.05, 4.69) is 24.8 Å². The lowest BCUT2D eigenvalue weighted by atomic mass is 10.0. The zero-order valence-corrected chi connectivity index (χ0v) is 15.5. The fourth-order valence-corrected chi connectivity index (χ4v) is 2.95. The van der Waals surface area contributed by atoms with Gasteiger partial charge in [0.1, 0.15) is 18.5 Å². The molecule has 2 rings (SSSR count). The Morgan fingerprint density at radius 1 is 1.20 bits per heavy atom. The van der Waals surface area contributed by atoms with Crippen LogP contribution in [0.25, 0.3) is 0 Å². The first-order valence-corrected chi connectivity index (χ1v) is 9.05. The summed E-state index contributed by atoms with van der Waals surface area (Å²) in [6.07, 6.45) is -0.814. The molecule has 1 atom stereocenters. The molecule has 0 radical (unpaired) electrons. The Labute approximate surface area is 150 Å². The Balaban J connectivity index is 1.75. The number of piperazine rings is 1. The van der Waals surface area contributed by atoms with Crippen molar-refractivity contribution in [2.75, 3.05) is 45.9 Å². The predicted octanol–water partition coefficient (Wildman–Crippen LogP) is 2.32. The Hall–Kier alpha value is -1.79. The maximum atomic E-state index is 11.7. The van der Waals surface area contributed by atoms with E-state index in [1.54, 1.807) is 4.90 Å². The molecule has 25 heavy (non-hydrogen) atoms. The molecule has 1 aliphatic heterocycles. The molecule has 1 amide bonds. The highest BCUT2D eigenvalue weighted by molar-refractivity contribution is 5.67. The van der Waals surface area contributed by atoms with E-state index in [-0.39, 0.29) is 12.7 Å². The lowest BCUT2D eigenvalue weighted by molar-refractivity contribution is 0.0405. The van der Waals surface area contributed by atoms with Crippen LogP contribution in [0.2, 0.25) is 0 Å². The van der Waals surface area contributed by atoms with Gasteiger partial charge in [-0.15, -0.1) is 0 Å². The molecule has 1 aliphatic rings. The highest BCUT2D eigenvalue weighted by atomic mass is 16.6. The molecule has 0 bridgehead atoms. The molecule has 1 aromatic rings. The number of para-hydroxylation sites is 1. The Kier molecular flexibility index (Phi) is 7.52. The number of hydrogen-bond donors (Lipinski definition) is 1. The number of carbonyl (C=O) groups excluding carboxylic acids is 1. The van der Waals surface area contributed by atoms with Crippen LogP contribution in [-0.2, 0) is 4.74 Å². The molecular weight excluding hydrogens is 320 g/mol. The van der Waals surface area contributed by atoms with Crippen LogP contribution in [0, 0.1) is 0 Å². The summed E-state index contributed by atoms with van der Waals surface area (Å²) in [5, 5.41) is 10.3. The summed E-state index contributed by atoms with van der Waals surface area (Å²) in [6, 6.07) is 7.95. The highest BCUT2D eigenvalue weighted by Crippen LogP contribution is 2.25. The quantitative estimate of drug-likeness (QED) is 0.818. The maximum absolute atomic E-state index is 11.7. The average Bonchev–Trinajstić information content (AvgIpc) is 2.61. The summed E-state index contributed by atoms with van der Waals surface area (Å²) in [4.78, 5) is 15.5. The lowest BCUT2D eigenvalue weighted by Crippen LogP contribution is -2.51. The number of aliphatic hydroxyl groups excluding tert-OH is 1. The molecule has 0 saturated carbocycles. The van der Waals surface area contributed by atoms with Crippen molar-refractivity contribution in [1.82, 2.24) is 9.80 Å². The molecule has 1 aromatic carbocycles. The third-order valence-corrected chi connectivity index (χ3v) is 4.34. The van der Waals surface area contributed by atoms with Gasteiger partial charge < -0.3 is 19.5 Å². The maximum Gasteiger partial charge on any atom is 0.409 e. The average molecular weight is 350 g/mol. The van der Waals surface area contributed by atoms with E-state index in [1.165, 1.54) is 0 Å². The number of carbonyl (C=O) groups is 1. The van der Waals surface area contributed by atoms with Crippen LogP contribution in [0.1, 0.15) is 32.3 Å². The minimum Gasteiger partial charge on any atom is -0.491 e. The van der Waals surface area contributed by atoms with Crippen molar-refractivity contribution in [2.24, 2.45) is 0 Å². The van der Waals surface area contributed by atoms with Gasteiger partial charge in [0, 0.05) is 32.7 Å². The Morgan fingerprint density at radius 3 is 2.52 bits per heavy atom. The number of benzene rings is 1. The third-order valence-electron chi connectivity index (χ3n) is 4.34. The molecule has 140 valence electrons. The van der Waals surface area contributed by atoms with Crippen LogP contribution in [0.3, 0.4) is 0 Å². The summed E-state index contributed by atoms with van der Waals surface area (Å²) < 4.78 is 10.8. The van der Waals surface area contributed by atoms with Crippen molar-refractivity contribution < 1.29 is 19.4 Å². The van der Waals surface area contributed by atoms with Crippen LogP contribution in [0.5, 0.6) is 5.75 Å². The molecule has 1 fully saturated rings. The molecule has 0 aromatic heterocycles. The van der Waals surface area contributed by atoms with Crippen molar-refractivity contribution in [3.63, 3.8) is 0 Å². The van der Waals surface area contributed by atoms with Gasteiger partial charge in [0.2, 0.25) is 0 Å². The molecule has 0 aliphatic carbocycles. The van der Waals surface area contributed by atoms with E-state index < -0.39 is 6.10 Å². The van der Waals surface area contributed by atoms with Crippen LogP contribution in [0.4, 0.5) is 4.79 Å². The van der Waals surface area contributed by atoms with Crippen molar-refractivity contribution in [1.29, 1.82) is 0 Å². The molecule has 0 spiro atoms. The number of rotatable bonds is 7. The van der Waals surface area contributed by atoms with Gasteiger partial charge in [-0.2, -0.15) is 0 Å². The van der Waals surface area contributed by atoms with Gasteiger partial charge in [0.15, 0.2) is 0 Å². The molecule has 6 heteroatoms. The number of nitrogens with zero attached hydrogens (tertiary/aromatic N) is 2. The Morgan fingerprint density at radius 2 is 1.88 bits per heavy atom. The van der Waals surface area contributed by atoms with Crippen molar-refractivity contribution >= 4 is 6.09 Å². The van der Waals surface area contributed by atoms with Gasteiger partial charge >= 0.3 is 6.09 Å². The van der Waals surface area contributed by atoms with Gasteiger partial charge in [-0.1, -0.05) is 32.0 Å². The number of hydrogen-bond acceptors (Lipinski definition) is 5. The number of aliphatic hydroxyl groups is 1. The fourth-order valence-electron chi connectivity index (χ4n) is 2.95. The van der Waals surface area contributed by atoms with Gasteiger partial charge in [-0.3, -0.25) is 4.90 Å². The molecule has 1 N–H and O–H groups in total. The highest BCUT2D eigenvalue weighted by Gasteiger charge is 2.23. The van der Waals surface area contributed by atoms with E-state index in [4.69, 9.17) is 9.47 Å². The third kappa shape index (κ3) is 5.90. The first-order valence-electron chi connectivity index (χ1n) is 9.05. The molecule has 0 unspecified atom stereocenters. The van der Waals surface area contributed by atoms with E-state index in [9.17, 15) is 9.90 Å². The molecule has 1 heterocycles. The van der Waals surface area contributed by atoms with Crippen LogP contribution in [0.15, 0.2) is 24.3 Å². The van der Waals surface area contributed by atoms with Crippen molar-refractivity contribution in [2.45, 2.75) is 32.8 Å².